The van der Waals surface area contributed by atoms with Crippen LogP contribution in [0.1, 0.15) is 49.5 Å². The molecule has 0 spiro atoms. The lowest BCUT2D eigenvalue weighted by Gasteiger charge is -2.34. The van der Waals surface area contributed by atoms with Crippen LogP contribution in [0, 0.1) is 0 Å². The summed E-state index contributed by atoms with van der Waals surface area (Å²) in [6, 6.07) is 10.3. The number of aromatic nitrogens is 2. The summed E-state index contributed by atoms with van der Waals surface area (Å²) in [4.78, 5) is 16.9. The average Bonchev–Trinajstić information content (AvgIpc) is 3.28. The van der Waals surface area contributed by atoms with E-state index in [9.17, 15) is 4.79 Å². The standard InChI is InChI=1S/C23H30N4O2S/c28-21(18-30-23-25-24-22(29-23)20-11-5-2-6-12-20)27-16-14-26(15-17-27)13-7-10-19-8-3-1-4-9-19/h1,3-4,7-10,20H,2,5-6,11-18H2. The second kappa shape index (κ2) is 10.8. The first-order chi connectivity index (χ1) is 14.8. The Balaban J connectivity index is 1.17. The van der Waals surface area contributed by atoms with Crippen molar-refractivity contribution >= 4 is 23.7 Å². The minimum absolute atomic E-state index is 0.150. The Bertz CT molecular complexity index is 825. The van der Waals surface area contributed by atoms with Gasteiger partial charge < -0.3 is 9.32 Å². The van der Waals surface area contributed by atoms with Crippen LogP contribution in [0.25, 0.3) is 6.08 Å². The Morgan fingerprint density at radius 3 is 2.60 bits per heavy atom. The number of hydrogen-bond acceptors (Lipinski definition) is 6. The molecule has 7 heteroatoms. The van der Waals surface area contributed by atoms with E-state index in [4.69, 9.17) is 4.42 Å². The number of carbonyl (C=O) groups is 1. The topological polar surface area (TPSA) is 62.5 Å². The summed E-state index contributed by atoms with van der Waals surface area (Å²) >= 11 is 1.36. The number of thioether (sulfide) groups is 1. The highest BCUT2D eigenvalue weighted by atomic mass is 32.2. The molecule has 0 radical (unpaired) electrons. The molecule has 0 N–H and O–H groups in total. The quantitative estimate of drug-likeness (QED) is 0.622. The van der Waals surface area contributed by atoms with Crippen molar-refractivity contribution in [3.63, 3.8) is 0 Å². The minimum Gasteiger partial charge on any atom is -0.416 e. The van der Waals surface area contributed by atoms with Gasteiger partial charge in [-0.2, -0.15) is 0 Å². The molecule has 1 aliphatic heterocycles. The number of benzene rings is 1. The third kappa shape index (κ3) is 5.95. The van der Waals surface area contributed by atoms with E-state index >= 15 is 0 Å². The molecule has 0 bridgehead atoms. The fraction of sp³-hybridized carbons (Fsp3) is 0.522. The molecule has 1 saturated heterocycles. The third-order valence-electron chi connectivity index (χ3n) is 5.89. The van der Waals surface area contributed by atoms with Gasteiger partial charge in [-0.15, -0.1) is 10.2 Å². The molecule has 160 valence electrons. The van der Waals surface area contributed by atoms with Crippen LogP contribution in [0.3, 0.4) is 0 Å². The van der Waals surface area contributed by atoms with Gasteiger partial charge in [-0.25, -0.2) is 0 Å². The maximum absolute atomic E-state index is 12.6. The van der Waals surface area contributed by atoms with Crippen molar-refractivity contribution in [2.75, 3.05) is 38.5 Å². The molecule has 2 aromatic rings. The van der Waals surface area contributed by atoms with Crippen molar-refractivity contribution in [3.8, 4) is 0 Å². The second-order valence-electron chi connectivity index (χ2n) is 8.02. The van der Waals surface area contributed by atoms with Crippen LogP contribution in [0.4, 0.5) is 0 Å². The first-order valence-electron chi connectivity index (χ1n) is 11.0. The molecule has 30 heavy (non-hydrogen) atoms. The molecular formula is C23H30N4O2S. The minimum atomic E-state index is 0.150. The fourth-order valence-electron chi connectivity index (χ4n) is 4.09. The van der Waals surface area contributed by atoms with Gasteiger partial charge in [0.25, 0.3) is 5.22 Å². The Morgan fingerprint density at radius 1 is 1.07 bits per heavy atom. The zero-order chi connectivity index (χ0) is 20.6. The van der Waals surface area contributed by atoms with Crippen LogP contribution in [-0.4, -0.2) is 64.4 Å². The summed E-state index contributed by atoms with van der Waals surface area (Å²) in [6.45, 7) is 4.27. The largest absolute Gasteiger partial charge is 0.416 e. The zero-order valence-corrected chi connectivity index (χ0v) is 18.2. The highest BCUT2D eigenvalue weighted by molar-refractivity contribution is 7.99. The first-order valence-corrected chi connectivity index (χ1v) is 11.9. The first kappa shape index (κ1) is 21.1. The summed E-state index contributed by atoms with van der Waals surface area (Å²) in [7, 11) is 0. The molecule has 1 aromatic carbocycles. The molecule has 4 rings (SSSR count). The number of carbonyl (C=O) groups excluding carboxylic acids is 1. The van der Waals surface area contributed by atoms with Crippen LogP contribution in [0.2, 0.25) is 0 Å². The predicted octanol–water partition coefficient (Wildman–Crippen LogP) is 4.07. The maximum atomic E-state index is 12.6. The van der Waals surface area contributed by atoms with Gasteiger partial charge in [0.05, 0.1) is 5.75 Å². The second-order valence-corrected chi connectivity index (χ2v) is 8.95. The van der Waals surface area contributed by atoms with E-state index in [2.05, 4.69) is 39.4 Å². The van der Waals surface area contributed by atoms with Gasteiger partial charge in [0, 0.05) is 38.6 Å². The summed E-state index contributed by atoms with van der Waals surface area (Å²) in [5.74, 6) is 1.67. The number of amides is 1. The van der Waals surface area contributed by atoms with Gasteiger partial charge in [-0.1, -0.05) is 73.5 Å². The number of piperazine rings is 1. The van der Waals surface area contributed by atoms with E-state index in [0.717, 1.165) is 51.5 Å². The monoisotopic (exact) mass is 426 g/mol. The highest BCUT2D eigenvalue weighted by Gasteiger charge is 2.23. The van der Waals surface area contributed by atoms with Gasteiger partial charge >= 0.3 is 0 Å². The van der Waals surface area contributed by atoms with Crippen LogP contribution in [-0.2, 0) is 4.79 Å². The Morgan fingerprint density at radius 2 is 1.83 bits per heavy atom. The molecule has 6 nitrogen and oxygen atoms in total. The Hall–Kier alpha value is -2.12. The van der Waals surface area contributed by atoms with Crippen LogP contribution in [0.15, 0.2) is 46.0 Å². The van der Waals surface area contributed by atoms with Crippen molar-refractivity contribution in [2.24, 2.45) is 0 Å². The molecule has 1 amide bonds. The molecule has 2 heterocycles. The number of hydrogen-bond donors (Lipinski definition) is 0. The molecule has 1 aliphatic carbocycles. The van der Waals surface area contributed by atoms with E-state index in [1.165, 1.54) is 36.6 Å². The van der Waals surface area contributed by atoms with Gasteiger partial charge in [0.1, 0.15) is 0 Å². The van der Waals surface area contributed by atoms with Gasteiger partial charge in [-0.05, 0) is 18.4 Å². The molecule has 0 atom stereocenters. The molecule has 0 unspecified atom stereocenters. The summed E-state index contributed by atoms with van der Waals surface area (Å²) in [5, 5.41) is 8.88. The van der Waals surface area contributed by atoms with Crippen molar-refractivity contribution in [3.05, 3.63) is 47.9 Å². The lowest BCUT2D eigenvalue weighted by Crippen LogP contribution is -2.49. The number of rotatable bonds is 7. The van der Waals surface area contributed by atoms with Crippen LogP contribution < -0.4 is 0 Å². The highest BCUT2D eigenvalue weighted by Crippen LogP contribution is 2.32. The zero-order valence-electron chi connectivity index (χ0n) is 17.4. The Kier molecular flexibility index (Phi) is 7.59. The molecule has 2 aliphatic rings. The van der Waals surface area contributed by atoms with E-state index in [1.54, 1.807) is 0 Å². The smallest absolute Gasteiger partial charge is 0.277 e. The van der Waals surface area contributed by atoms with Crippen LogP contribution >= 0.6 is 11.8 Å². The van der Waals surface area contributed by atoms with Crippen molar-refractivity contribution in [2.45, 2.75) is 43.2 Å². The fourth-order valence-corrected chi connectivity index (χ4v) is 4.76. The van der Waals surface area contributed by atoms with E-state index in [1.807, 2.05) is 23.1 Å². The normalized spacial score (nSPS) is 18.9. The molecular weight excluding hydrogens is 396 g/mol. The SMILES string of the molecule is O=C(CSc1nnc(C2CCCCC2)o1)N1CCN(CC=Cc2ccccc2)CC1. The van der Waals surface area contributed by atoms with Crippen molar-refractivity contribution < 1.29 is 9.21 Å². The third-order valence-corrected chi connectivity index (χ3v) is 6.70. The van der Waals surface area contributed by atoms with Crippen molar-refractivity contribution in [1.29, 1.82) is 0 Å². The van der Waals surface area contributed by atoms with E-state index < -0.39 is 0 Å². The maximum Gasteiger partial charge on any atom is 0.277 e. The molecule has 1 saturated carbocycles. The molecule has 2 fully saturated rings. The summed E-state index contributed by atoms with van der Waals surface area (Å²) in [6.07, 6.45) is 10.4. The Labute approximate surface area is 182 Å². The summed E-state index contributed by atoms with van der Waals surface area (Å²) in [5.41, 5.74) is 1.22. The van der Waals surface area contributed by atoms with Gasteiger partial charge in [-0.3, -0.25) is 9.69 Å². The van der Waals surface area contributed by atoms with Gasteiger partial charge in [0.2, 0.25) is 11.8 Å². The lowest BCUT2D eigenvalue weighted by atomic mass is 9.89. The van der Waals surface area contributed by atoms with Gasteiger partial charge in [0.15, 0.2) is 0 Å². The molecule has 1 aromatic heterocycles. The lowest BCUT2D eigenvalue weighted by molar-refractivity contribution is -0.130. The predicted molar refractivity (Wildman–Crippen MR) is 119 cm³/mol. The van der Waals surface area contributed by atoms with E-state index in [-0.39, 0.29) is 5.91 Å². The van der Waals surface area contributed by atoms with Crippen LogP contribution in [0.5, 0.6) is 0 Å². The van der Waals surface area contributed by atoms with Crippen molar-refractivity contribution in [1.82, 2.24) is 20.0 Å². The summed E-state index contributed by atoms with van der Waals surface area (Å²) < 4.78 is 5.81. The number of nitrogens with zero attached hydrogens (tertiary/aromatic N) is 4. The average molecular weight is 427 g/mol. The van der Waals surface area contributed by atoms with E-state index in [0.29, 0.717) is 16.9 Å².